The molecule has 0 aliphatic rings. The molecule has 4 heterocycles. The van der Waals surface area contributed by atoms with Gasteiger partial charge in [0.2, 0.25) is 0 Å². The predicted octanol–water partition coefficient (Wildman–Crippen LogP) is 1.81. The molecule has 0 atom stereocenters. The van der Waals surface area contributed by atoms with Crippen molar-refractivity contribution in [2.24, 2.45) is 0 Å². The fraction of sp³-hybridized carbons (Fsp3) is 0.267. The van der Waals surface area contributed by atoms with Gasteiger partial charge in [-0.05, 0) is 13.0 Å². The highest BCUT2D eigenvalue weighted by atomic mass is 32.1. The van der Waals surface area contributed by atoms with E-state index < -0.39 is 0 Å². The van der Waals surface area contributed by atoms with E-state index in [9.17, 15) is 4.79 Å². The molecule has 0 aliphatic heterocycles. The molecule has 0 radical (unpaired) electrons. The van der Waals surface area contributed by atoms with Crippen LogP contribution in [-0.2, 0) is 6.54 Å². The van der Waals surface area contributed by atoms with Crippen molar-refractivity contribution >= 4 is 37.5 Å². The van der Waals surface area contributed by atoms with Gasteiger partial charge < -0.3 is 4.90 Å². The summed E-state index contributed by atoms with van der Waals surface area (Å²) in [6, 6.07) is 1.92. The first kappa shape index (κ1) is 14.8. The second-order valence-corrected chi connectivity index (χ2v) is 6.66. The zero-order valence-electron chi connectivity index (χ0n) is 13.3. The van der Waals surface area contributed by atoms with Crippen LogP contribution in [-0.4, -0.2) is 38.9 Å². The van der Waals surface area contributed by atoms with Crippen LogP contribution in [0.25, 0.3) is 20.4 Å². The minimum atomic E-state index is -0.116. The maximum atomic E-state index is 12.8. The lowest BCUT2D eigenvalue weighted by Crippen LogP contribution is -2.20. The van der Waals surface area contributed by atoms with Crippen LogP contribution in [0.4, 0.5) is 5.69 Å². The molecule has 122 valence electrons. The summed E-state index contributed by atoms with van der Waals surface area (Å²) in [5.74, 6) is 0. The van der Waals surface area contributed by atoms with E-state index in [1.54, 1.807) is 13.1 Å². The van der Waals surface area contributed by atoms with Gasteiger partial charge in [0.1, 0.15) is 20.9 Å². The van der Waals surface area contributed by atoms with Crippen molar-refractivity contribution < 1.29 is 4.63 Å². The zero-order chi connectivity index (χ0) is 16.8. The Labute approximate surface area is 140 Å². The van der Waals surface area contributed by atoms with Crippen LogP contribution in [0, 0.1) is 6.92 Å². The molecule has 0 fully saturated rings. The molecule has 8 nitrogen and oxygen atoms in total. The number of nitrogens with zero attached hydrogens (tertiary/aromatic N) is 6. The van der Waals surface area contributed by atoms with Crippen molar-refractivity contribution in [1.29, 1.82) is 0 Å². The Morgan fingerprint density at radius 3 is 2.83 bits per heavy atom. The van der Waals surface area contributed by atoms with Crippen LogP contribution in [0.2, 0.25) is 0 Å². The Hall–Kier alpha value is -2.81. The quantitative estimate of drug-likeness (QED) is 0.561. The first-order chi connectivity index (χ1) is 11.6. The molecule has 0 saturated carbocycles. The highest BCUT2D eigenvalue weighted by Gasteiger charge is 2.17. The third-order valence-electron chi connectivity index (χ3n) is 3.87. The number of thiophene rings is 1. The predicted molar refractivity (Wildman–Crippen MR) is 91.6 cm³/mol. The van der Waals surface area contributed by atoms with Crippen LogP contribution in [0.5, 0.6) is 0 Å². The number of pyridine rings is 1. The largest absolute Gasteiger partial charge is 0.377 e. The SMILES string of the molecule is Cc1nonc1Cn1cnc2c(sc3nccc(N(C)C)c32)c1=O. The molecule has 0 aliphatic carbocycles. The molecule has 0 aromatic carbocycles. The molecule has 0 unspecified atom stereocenters. The van der Waals surface area contributed by atoms with Crippen molar-refractivity contribution in [1.82, 2.24) is 24.8 Å². The van der Waals surface area contributed by atoms with Crippen LogP contribution in [0.3, 0.4) is 0 Å². The lowest BCUT2D eigenvalue weighted by Gasteiger charge is -2.13. The Bertz CT molecular complexity index is 1110. The number of fused-ring (bicyclic) bond motifs is 3. The van der Waals surface area contributed by atoms with Gasteiger partial charge in [-0.15, -0.1) is 11.3 Å². The van der Waals surface area contributed by atoms with Crippen molar-refractivity contribution in [3.63, 3.8) is 0 Å². The fourth-order valence-electron chi connectivity index (χ4n) is 2.61. The number of hydrogen-bond acceptors (Lipinski definition) is 8. The summed E-state index contributed by atoms with van der Waals surface area (Å²) in [7, 11) is 3.92. The average Bonchev–Trinajstić information content (AvgIpc) is 3.14. The second-order valence-electron chi connectivity index (χ2n) is 5.66. The normalized spacial score (nSPS) is 11.5. The minimum Gasteiger partial charge on any atom is -0.377 e. The van der Waals surface area contributed by atoms with Gasteiger partial charge in [-0.1, -0.05) is 10.3 Å². The van der Waals surface area contributed by atoms with Crippen LogP contribution >= 0.6 is 11.3 Å². The number of hydrogen-bond donors (Lipinski definition) is 0. The maximum Gasteiger partial charge on any atom is 0.271 e. The van der Waals surface area contributed by atoms with E-state index in [4.69, 9.17) is 0 Å². The second kappa shape index (κ2) is 5.38. The summed E-state index contributed by atoms with van der Waals surface area (Å²) >= 11 is 1.36. The van der Waals surface area contributed by atoms with E-state index in [0.29, 0.717) is 21.6 Å². The Morgan fingerprint density at radius 1 is 1.29 bits per heavy atom. The van der Waals surface area contributed by atoms with Crippen LogP contribution < -0.4 is 10.5 Å². The molecule has 0 bridgehead atoms. The summed E-state index contributed by atoms with van der Waals surface area (Å²) in [6.45, 7) is 2.06. The molecule has 4 rings (SSSR count). The van der Waals surface area contributed by atoms with E-state index in [1.165, 1.54) is 22.2 Å². The molecule has 0 amide bonds. The number of aryl methyl sites for hydroxylation is 1. The van der Waals surface area contributed by atoms with E-state index in [-0.39, 0.29) is 12.1 Å². The number of aromatic nitrogens is 5. The maximum absolute atomic E-state index is 12.8. The third-order valence-corrected chi connectivity index (χ3v) is 4.95. The molecule has 0 N–H and O–H groups in total. The van der Waals surface area contributed by atoms with E-state index in [2.05, 4.69) is 24.9 Å². The average molecular weight is 342 g/mol. The first-order valence-electron chi connectivity index (χ1n) is 7.28. The lowest BCUT2D eigenvalue weighted by atomic mass is 10.2. The fourth-order valence-corrected chi connectivity index (χ4v) is 3.68. The van der Waals surface area contributed by atoms with Crippen molar-refractivity contribution in [2.75, 3.05) is 19.0 Å². The number of anilines is 1. The minimum absolute atomic E-state index is 0.116. The summed E-state index contributed by atoms with van der Waals surface area (Å²) in [5, 5.41) is 8.47. The summed E-state index contributed by atoms with van der Waals surface area (Å²) in [6.07, 6.45) is 3.29. The molecule has 24 heavy (non-hydrogen) atoms. The highest BCUT2D eigenvalue weighted by molar-refractivity contribution is 7.25. The molecule has 0 saturated heterocycles. The standard InChI is InChI=1S/C15H14N6O2S/c1-8-9(19-23-18-8)6-21-7-17-12-11-10(20(2)3)4-5-16-14(11)24-13(12)15(21)22/h4-5,7H,6H2,1-3H3. The zero-order valence-corrected chi connectivity index (χ0v) is 14.2. The molecule has 4 aromatic rings. The van der Waals surface area contributed by atoms with Crippen molar-refractivity contribution in [3.05, 3.63) is 40.3 Å². The molecular formula is C15H14N6O2S. The van der Waals surface area contributed by atoms with Gasteiger partial charge >= 0.3 is 0 Å². The van der Waals surface area contributed by atoms with E-state index in [0.717, 1.165) is 15.9 Å². The first-order valence-corrected chi connectivity index (χ1v) is 8.10. The number of rotatable bonds is 3. The third kappa shape index (κ3) is 2.16. The summed E-state index contributed by atoms with van der Waals surface area (Å²) in [5.41, 5.74) is 2.84. The van der Waals surface area contributed by atoms with Crippen molar-refractivity contribution in [2.45, 2.75) is 13.5 Å². The summed E-state index contributed by atoms with van der Waals surface area (Å²) < 4.78 is 6.79. The lowest BCUT2D eigenvalue weighted by molar-refractivity contribution is 0.300. The van der Waals surface area contributed by atoms with Gasteiger partial charge in [0.15, 0.2) is 0 Å². The van der Waals surface area contributed by atoms with Crippen LogP contribution in [0.1, 0.15) is 11.4 Å². The molecule has 4 aromatic heterocycles. The van der Waals surface area contributed by atoms with Gasteiger partial charge in [0, 0.05) is 20.3 Å². The van der Waals surface area contributed by atoms with Gasteiger partial charge in [-0.3, -0.25) is 9.36 Å². The molecule has 0 spiro atoms. The van der Waals surface area contributed by atoms with Gasteiger partial charge in [0.05, 0.1) is 29.5 Å². The Kier molecular flexibility index (Phi) is 3.31. The topological polar surface area (TPSA) is 89.9 Å². The molecular weight excluding hydrogens is 328 g/mol. The monoisotopic (exact) mass is 342 g/mol. The molecule has 9 heteroatoms. The summed E-state index contributed by atoms with van der Waals surface area (Å²) in [4.78, 5) is 24.5. The van der Waals surface area contributed by atoms with Gasteiger partial charge in [-0.25, -0.2) is 14.6 Å². The smallest absolute Gasteiger partial charge is 0.271 e. The van der Waals surface area contributed by atoms with Gasteiger partial charge in [-0.2, -0.15) is 0 Å². The highest BCUT2D eigenvalue weighted by Crippen LogP contribution is 2.34. The Morgan fingerprint density at radius 2 is 2.12 bits per heavy atom. The van der Waals surface area contributed by atoms with E-state index in [1.807, 2.05) is 25.1 Å². The Balaban J connectivity index is 1.94. The van der Waals surface area contributed by atoms with Crippen molar-refractivity contribution in [3.8, 4) is 0 Å². The van der Waals surface area contributed by atoms with E-state index >= 15 is 0 Å². The van der Waals surface area contributed by atoms with Crippen LogP contribution in [0.15, 0.2) is 28.0 Å². The van der Waals surface area contributed by atoms with Gasteiger partial charge in [0.25, 0.3) is 5.56 Å².